The van der Waals surface area contributed by atoms with Crippen LogP contribution < -0.4 is 10.0 Å². The lowest BCUT2D eigenvalue weighted by Gasteiger charge is -2.28. The molecule has 120 valence electrons. The number of sulfonamides is 1. The lowest BCUT2D eigenvalue weighted by atomic mass is 9.99. The van der Waals surface area contributed by atoms with Crippen LogP contribution in [0.3, 0.4) is 0 Å². The fraction of sp³-hybridized carbons (Fsp3) is 0.500. The Labute approximate surface area is 139 Å². The normalized spacial score (nSPS) is 21.7. The lowest BCUT2D eigenvalue weighted by molar-refractivity contribution is 0.122. The molecular formula is C14H18BrN3O3S. The van der Waals surface area contributed by atoms with Gasteiger partial charge in [-0.25, -0.2) is 13.1 Å². The molecule has 0 saturated carbocycles. The molecule has 1 aliphatic rings. The van der Waals surface area contributed by atoms with Crippen molar-refractivity contribution in [1.82, 2.24) is 10.0 Å². The third-order valence-corrected chi connectivity index (χ3v) is 5.50. The van der Waals surface area contributed by atoms with Crippen LogP contribution >= 0.6 is 15.9 Å². The average Bonchev–Trinajstić information content (AvgIpc) is 2.94. The largest absolute Gasteiger partial charge is 0.383 e. The Balaban J connectivity index is 2.17. The number of hydrogen-bond donors (Lipinski definition) is 2. The number of benzene rings is 1. The van der Waals surface area contributed by atoms with Gasteiger partial charge in [-0.05, 0) is 37.6 Å². The summed E-state index contributed by atoms with van der Waals surface area (Å²) >= 11 is 3.22. The van der Waals surface area contributed by atoms with Crippen LogP contribution in [0.25, 0.3) is 0 Å². The van der Waals surface area contributed by atoms with Crippen LogP contribution in [0.5, 0.6) is 0 Å². The zero-order chi connectivity index (χ0) is 16.2. The van der Waals surface area contributed by atoms with Crippen LogP contribution in [0.15, 0.2) is 27.6 Å². The number of ether oxygens (including phenoxy) is 1. The first-order valence-electron chi connectivity index (χ1n) is 6.85. The summed E-state index contributed by atoms with van der Waals surface area (Å²) in [6.07, 6.45) is 1.84. The number of methoxy groups -OCH3 is 1. The Morgan fingerprint density at radius 1 is 1.50 bits per heavy atom. The maximum Gasteiger partial charge on any atom is 0.240 e. The smallest absolute Gasteiger partial charge is 0.240 e. The third kappa shape index (κ3) is 4.06. The first kappa shape index (κ1) is 17.4. The number of hydrogen-bond acceptors (Lipinski definition) is 5. The van der Waals surface area contributed by atoms with E-state index >= 15 is 0 Å². The SMILES string of the molecule is COCC1(CNS(=O)(=O)c2cc(Br)cc(C#N)c2)CCCN1. The average molecular weight is 388 g/mol. The fourth-order valence-electron chi connectivity index (χ4n) is 2.57. The molecule has 8 heteroatoms. The second-order valence-electron chi connectivity index (χ2n) is 5.36. The van der Waals surface area contributed by atoms with Crippen LogP contribution in [-0.4, -0.2) is 40.8 Å². The van der Waals surface area contributed by atoms with E-state index < -0.39 is 10.0 Å². The van der Waals surface area contributed by atoms with E-state index in [1.54, 1.807) is 13.2 Å². The fourth-order valence-corrected chi connectivity index (χ4v) is 4.41. The minimum Gasteiger partial charge on any atom is -0.383 e. The summed E-state index contributed by atoms with van der Waals surface area (Å²) in [7, 11) is -2.09. The van der Waals surface area contributed by atoms with Crippen molar-refractivity contribution in [1.29, 1.82) is 5.26 Å². The van der Waals surface area contributed by atoms with Crippen molar-refractivity contribution in [3.63, 3.8) is 0 Å². The molecule has 1 heterocycles. The van der Waals surface area contributed by atoms with Crippen molar-refractivity contribution in [3.8, 4) is 6.07 Å². The number of nitrogens with zero attached hydrogens (tertiary/aromatic N) is 1. The molecule has 1 saturated heterocycles. The Hall–Kier alpha value is -0.980. The second kappa shape index (κ2) is 7.06. The zero-order valence-corrected chi connectivity index (χ0v) is 14.6. The summed E-state index contributed by atoms with van der Waals surface area (Å²) in [5.41, 5.74) is -0.0772. The highest BCUT2D eigenvalue weighted by Gasteiger charge is 2.34. The maximum absolute atomic E-state index is 12.4. The van der Waals surface area contributed by atoms with E-state index in [0.29, 0.717) is 16.6 Å². The lowest BCUT2D eigenvalue weighted by Crippen LogP contribution is -2.52. The summed E-state index contributed by atoms with van der Waals surface area (Å²) in [5.74, 6) is 0. The molecule has 0 radical (unpaired) electrons. The predicted octanol–water partition coefficient (Wildman–Crippen LogP) is 1.37. The Bertz CT molecular complexity index is 679. The molecule has 0 bridgehead atoms. The van der Waals surface area contributed by atoms with Gasteiger partial charge in [0.2, 0.25) is 10.0 Å². The van der Waals surface area contributed by atoms with Crippen LogP contribution in [-0.2, 0) is 14.8 Å². The number of halogens is 1. The highest BCUT2D eigenvalue weighted by atomic mass is 79.9. The minimum atomic E-state index is -3.69. The molecular weight excluding hydrogens is 370 g/mol. The van der Waals surface area contributed by atoms with Gasteiger partial charge in [0.05, 0.1) is 28.7 Å². The molecule has 1 aromatic rings. The van der Waals surface area contributed by atoms with E-state index in [-0.39, 0.29) is 17.0 Å². The van der Waals surface area contributed by atoms with Crippen LogP contribution in [0, 0.1) is 11.3 Å². The second-order valence-corrected chi connectivity index (χ2v) is 8.04. The summed E-state index contributed by atoms with van der Waals surface area (Å²) in [6.45, 7) is 1.54. The van der Waals surface area contributed by atoms with E-state index in [1.165, 1.54) is 12.1 Å². The topological polar surface area (TPSA) is 91.2 Å². The van der Waals surface area contributed by atoms with Gasteiger partial charge in [-0.3, -0.25) is 0 Å². The third-order valence-electron chi connectivity index (χ3n) is 3.66. The van der Waals surface area contributed by atoms with Crippen molar-refractivity contribution in [3.05, 3.63) is 28.2 Å². The van der Waals surface area contributed by atoms with Gasteiger partial charge in [0, 0.05) is 18.1 Å². The van der Waals surface area contributed by atoms with Gasteiger partial charge in [0.1, 0.15) is 0 Å². The van der Waals surface area contributed by atoms with Crippen molar-refractivity contribution in [2.45, 2.75) is 23.3 Å². The molecule has 1 aliphatic heterocycles. The number of nitriles is 1. The predicted molar refractivity (Wildman–Crippen MR) is 85.9 cm³/mol. The summed E-state index contributed by atoms with van der Waals surface area (Å²) in [4.78, 5) is 0.0731. The van der Waals surface area contributed by atoms with Crippen molar-refractivity contribution >= 4 is 26.0 Å². The first-order valence-corrected chi connectivity index (χ1v) is 9.13. The Kier molecular flexibility index (Phi) is 5.58. The first-order chi connectivity index (χ1) is 10.4. The monoisotopic (exact) mass is 387 g/mol. The van der Waals surface area contributed by atoms with Crippen molar-refractivity contribution < 1.29 is 13.2 Å². The van der Waals surface area contributed by atoms with Crippen LogP contribution in [0.4, 0.5) is 0 Å². The molecule has 0 amide bonds. The molecule has 0 aromatic heterocycles. The number of rotatable bonds is 6. The van der Waals surface area contributed by atoms with Gasteiger partial charge < -0.3 is 10.1 Å². The number of nitrogens with one attached hydrogen (secondary N) is 2. The molecule has 6 nitrogen and oxygen atoms in total. The molecule has 2 N–H and O–H groups in total. The van der Waals surface area contributed by atoms with Gasteiger partial charge in [-0.1, -0.05) is 15.9 Å². The molecule has 0 aliphatic carbocycles. The van der Waals surface area contributed by atoms with E-state index in [1.807, 2.05) is 6.07 Å². The van der Waals surface area contributed by atoms with E-state index in [0.717, 1.165) is 19.4 Å². The van der Waals surface area contributed by atoms with Gasteiger partial charge in [0.15, 0.2) is 0 Å². The van der Waals surface area contributed by atoms with Gasteiger partial charge in [0.25, 0.3) is 0 Å². The van der Waals surface area contributed by atoms with E-state index in [9.17, 15) is 8.42 Å². The summed E-state index contributed by atoms with van der Waals surface area (Å²) in [6, 6.07) is 6.36. The Morgan fingerprint density at radius 2 is 2.27 bits per heavy atom. The van der Waals surface area contributed by atoms with Crippen LogP contribution in [0.2, 0.25) is 0 Å². The molecule has 1 aromatic carbocycles. The molecule has 1 atom stereocenters. The zero-order valence-electron chi connectivity index (χ0n) is 12.2. The summed E-state index contributed by atoms with van der Waals surface area (Å²) < 4.78 is 33.3. The highest BCUT2D eigenvalue weighted by Crippen LogP contribution is 2.22. The summed E-state index contributed by atoms with van der Waals surface area (Å²) in [5, 5.41) is 12.3. The quantitative estimate of drug-likeness (QED) is 0.768. The molecule has 2 rings (SSSR count). The van der Waals surface area contributed by atoms with Gasteiger partial charge in [-0.2, -0.15) is 5.26 Å². The molecule has 22 heavy (non-hydrogen) atoms. The maximum atomic E-state index is 12.4. The van der Waals surface area contributed by atoms with E-state index in [4.69, 9.17) is 10.00 Å². The minimum absolute atomic E-state index is 0.0731. The molecule has 1 fully saturated rings. The van der Waals surface area contributed by atoms with Crippen LogP contribution in [0.1, 0.15) is 18.4 Å². The Morgan fingerprint density at radius 3 is 2.86 bits per heavy atom. The molecule has 1 unspecified atom stereocenters. The van der Waals surface area contributed by atoms with Gasteiger partial charge >= 0.3 is 0 Å². The molecule has 0 spiro atoms. The van der Waals surface area contributed by atoms with Gasteiger partial charge in [-0.15, -0.1) is 0 Å². The van der Waals surface area contributed by atoms with E-state index in [2.05, 4.69) is 26.0 Å². The van der Waals surface area contributed by atoms with Crippen molar-refractivity contribution in [2.24, 2.45) is 0 Å². The standard InChI is InChI=1S/C14H18BrN3O3S/c1-21-10-14(3-2-4-17-14)9-18-22(19,20)13-6-11(8-16)5-12(15)7-13/h5-7,17-18H,2-4,9-10H2,1H3. The van der Waals surface area contributed by atoms with Crippen molar-refractivity contribution in [2.75, 3.05) is 26.8 Å². The highest BCUT2D eigenvalue weighted by molar-refractivity contribution is 9.10.